The van der Waals surface area contributed by atoms with Gasteiger partial charge < -0.3 is 10.1 Å². The maximum Gasteiger partial charge on any atom is 0.377 e. The number of esters is 1. The predicted molar refractivity (Wildman–Crippen MR) is 94.6 cm³/mol. The second-order valence-electron chi connectivity index (χ2n) is 5.87. The Kier molecular flexibility index (Phi) is 6.44. The first-order chi connectivity index (χ1) is 12.3. The van der Waals surface area contributed by atoms with E-state index in [2.05, 4.69) is 10.1 Å². The SMILES string of the molecule is CCOC(=O)C(F)(F)CC(NC(C)=O)c1ccc(-c2ccccc2)cc1. The summed E-state index contributed by atoms with van der Waals surface area (Å²) in [6.07, 6.45) is -0.865. The molecule has 1 amide bonds. The van der Waals surface area contributed by atoms with Crippen molar-refractivity contribution in [3.8, 4) is 11.1 Å². The minimum Gasteiger partial charge on any atom is -0.462 e. The Morgan fingerprint density at radius 1 is 1.04 bits per heavy atom. The second kappa shape index (κ2) is 8.56. The highest BCUT2D eigenvalue weighted by Gasteiger charge is 2.43. The summed E-state index contributed by atoms with van der Waals surface area (Å²) < 4.78 is 32.6. The van der Waals surface area contributed by atoms with Gasteiger partial charge in [0, 0.05) is 13.3 Å². The van der Waals surface area contributed by atoms with Crippen molar-refractivity contribution in [1.82, 2.24) is 5.32 Å². The smallest absolute Gasteiger partial charge is 0.377 e. The van der Waals surface area contributed by atoms with E-state index in [0.29, 0.717) is 5.56 Å². The third kappa shape index (κ3) is 5.12. The summed E-state index contributed by atoms with van der Waals surface area (Å²) in [7, 11) is 0. The first-order valence-electron chi connectivity index (χ1n) is 8.31. The van der Waals surface area contributed by atoms with Crippen LogP contribution in [-0.4, -0.2) is 24.4 Å². The van der Waals surface area contributed by atoms with Gasteiger partial charge in [0.1, 0.15) is 0 Å². The third-order valence-electron chi connectivity index (χ3n) is 3.83. The monoisotopic (exact) mass is 361 g/mol. The van der Waals surface area contributed by atoms with Gasteiger partial charge in [0.2, 0.25) is 5.91 Å². The summed E-state index contributed by atoms with van der Waals surface area (Å²) >= 11 is 0. The van der Waals surface area contributed by atoms with E-state index in [1.165, 1.54) is 13.8 Å². The number of amides is 1. The Balaban J connectivity index is 2.23. The van der Waals surface area contributed by atoms with Crippen LogP contribution in [0, 0.1) is 0 Å². The Morgan fingerprint density at radius 2 is 1.62 bits per heavy atom. The fourth-order valence-electron chi connectivity index (χ4n) is 2.61. The van der Waals surface area contributed by atoms with Crippen LogP contribution in [0.25, 0.3) is 11.1 Å². The molecule has 138 valence electrons. The van der Waals surface area contributed by atoms with Crippen molar-refractivity contribution in [2.24, 2.45) is 0 Å². The van der Waals surface area contributed by atoms with Crippen LogP contribution in [0.15, 0.2) is 54.6 Å². The number of carbonyl (C=O) groups excluding carboxylic acids is 2. The molecule has 0 bridgehead atoms. The van der Waals surface area contributed by atoms with E-state index < -0.39 is 30.3 Å². The molecule has 0 aliphatic heterocycles. The van der Waals surface area contributed by atoms with Crippen molar-refractivity contribution in [2.75, 3.05) is 6.61 Å². The van der Waals surface area contributed by atoms with Crippen LogP contribution in [0.3, 0.4) is 0 Å². The molecule has 0 heterocycles. The van der Waals surface area contributed by atoms with Gasteiger partial charge in [-0.05, 0) is 23.6 Å². The Labute approximate surface area is 151 Å². The van der Waals surface area contributed by atoms with E-state index in [1.807, 2.05) is 30.3 Å². The highest BCUT2D eigenvalue weighted by Crippen LogP contribution is 2.31. The average Bonchev–Trinajstić information content (AvgIpc) is 2.62. The van der Waals surface area contributed by atoms with Gasteiger partial charge in [0.15, 0.2) is 0 Å². The number of ether oxygens (including phenoxy) is 1. The molecule has 0 aromatic heterocycles. The van der Waals surface area contributed by atoms with Crippen LogP contribution in [-0.2, 0) is 14.3 Å². The lowest BCUT2D eigenvalue weighted by atomic mass is 9.97. The lowest BCUT2D eigenvalue weighted by molar-refractivity contribution is -0.173. The number of hydrogen-bond acceptors (Lipinski definition) is 3. The molecule has 26 heavy (non-hydrogen) atoms. The lowest BCUT2D eigenvalue weighted by Crippen LogP contribution is -2.37. The number of hydrogen-bond donors (Lipinski definition) is 1. The largest absolute Gasteiger partial charge is 0.462 e. The summed E-state index contributed by atoms with van der Waals surface area (Å²) in [5.41, 5.74) is 2.41. The predicted octanol–water partition coefficient (Wildman–Crippen LogP) is 4.12. The molecule has 2 aromatic rings. The number of nitrogens with one attached hydrogen (secondary N) is 1. The van der Waals surface area contributed by atoms with E-state index in [-0.39, 0.29) is 6.61 Å². The zero-order valence-corrected chi connectivity index (χ0v) is 14.7. The van der Waals surface area contributed by atoms with Crippen molar-refractivity contribution in [3.63, 3.8) is 0 Å². The number of benzene rings is 2. The molecule has 0 saturated heterocycles. The van der Waals surface area contributed by atoms with Crippen molar-refractivity contribution >= 4 is 11.9 Å². The molecular weight excluding hydrogens is 340 g/mol. The van der Waals surface area contributed by atoms with Crippen molar-refractivity contribution in [1.29, 1.82) is 0 Å². The van der Waals surface area contributed by atoms with Crippen LogP contribution in [0.1, 0.15) is 31.9 Å². The molecule has 1 unspecified atom stereocenters. The van der Waals surface area contributed by atoms with Gasteiger partial charge in [-0.25, -0.2) is 4.79 Å². The average molecular weight is 361 g/mol. The van der Waals surface area contributed by atoms with Gasteiger partial charge in [-0.2, -0.15) is 8.78 Å². The Bertz CT molecular complexity index is 745. The van der Waals surface area contributed by atoms with Crippen LogP contribution >= 0.6 is 0 Å². The molecule has 0 saturated carbocycles. The molecule has 0 fully saturated rings. The molecule has 0 spiro atoms. The van der Waals surface area contributed by atoms with Gasteiger partial charge in [-0.1, -0.05) is 54.6 Å². The van der Waals surface area contributed by atoms with Gasteiger partial charge in [-0.3, -0.25) is 4.79 Å². The summed E-state index contributed by atoms with van der Waals surface area (Å²) in [4.78, 5) is 22.9. The molecule has 6 heteroatoms. The fraction of sp³-hybridized carbons (Fsp3) is 0.300. The number of halogens is 2. The van der Waals surface area contributed by atoms with Gasteiger partial charge >= 0.3 is 11.9 Å². The van der Waals surface area contributed by atoms with Gasteiger partial charge in [-0.15, -0.1) is 0 Å². The fourth-order valence-corrected chi connectivity index (χ4v) is 2.61. The number of alkyl halides is 2. The topological polar surface area (TPSA) is 55.4 Å². The first kappa shape index (κ1) is 19.6. The molecule has 2 aromatic carbocycles. The van der Waals surface area contributed by atoms with E-state index in [0.717, 1.165) is 11.1 Å². The van der Waals surface area contributed by atoms with E-state index >= 15 is 0 Å². The van der Waals surface area contributed by atoms with Crippen LogP contribution in [0.2, 0.25) is 0 Å². The number of carbonyl (C=O) groups is 2. The summed E-state index contributed by atoms with van der Waals surface area (Å²) in [5, 5.41) is 2.48. The molecule has 0 radical (unpaired) electrons. The zero-order chi connectivity index (χ0) is 19.2. The Morgan fingerprint density at radius 3 is 2.15 bits per heavy atom. The number of rotatable bonds is 7. The molecule has 1 atom stereocenters. The molecule has 2 rings (SSSR count). The van der Waals surface area contributed by atoms with Gasteiger partial charge in [0.05, 0.1) is 12.6 Å². The van der Waals surface area contributed by atoms with Crippen LogP contribution in [0.4, 0.5) is 8.78 Å². The third-order valence-corrected chi connectivity index (χ3v) is 3.83. The highest BCUT2D eigenvalue weighted by atomic mass is 19.3. The minimum absolute atomic E-state index is 0.134. The lowest BCUT2D eigenvalue weighted by Gasteiger charge is -2.23. The highest BCUT2D eigenvalue weighted by molar-refractivity contribution is 5.78. The zero-order valence-electron chi connectivity index (χ0n) is 14.7. The molecule has 1 N–H and O–H groups in total. The van der Waals surface area contributed by atoms with Crippen LogP contribution in [0.5, 0.6) is 0 Å². The minimum atomic E-state index is -3.69. The molecule has 0 aliphatic carbocycles. The second-order valence-corrected chi connectivity index (χ2v) is 5.87. The summed E-state index contributed by atoms with van der Waals surface area (Å²) in [6, 6.07) is 15.5. The molecular formula is C20H21F2NO3. The van der Waals surface area contributed by atoms with Crippen molar-refractivity contribution in [3.05, 3.63) is 60.2 Å². The maximum absolute atomic E-state index is 14.1. The molecule has 0 aliphatic rings. The first-order valence-corrected chi connectivity index (χ1v) is 8.31. The summed E-state index contributed by atoms with van der Waals surface area (Å²) in [5.74, 6) is -5.74. The molecule has 4 nitrogen and oxygen atoms in total. The van der Waals surface area contributed by atoms with Crippen LogP contribution < -0.4 is 5.32 Å². The van der Waals surface area contributed by atoms with E-state index in [1.54, 1.807) is 24.3 Å². The van der Waals surface area contributed by atoms with Gasteiger partial charge in [0.25, 0.3) is 0 Å². The normalized spacial score (nSPS) is 12.3. The standard InChI is InChI=1S/C20H21F2NO3/c1-3-26-19(25)20(21,22)13-18(23-14(2)24)17-11-9-16(10-12-17)15-7-5-4-6-8-15/h4-12,18H,3,13H2,1-2H3,(H,23,24). The van der Waals surface area contributed by atoms with E-state index in [4.69, 9.17) is 0 Å². The quantitative estimate of drug-likeness (QED) is 0.755. The van der Waals surface area contributed by atoms with Crippen molar-refractivity contribution in [2.45, 2.75) is 32.2 Å². The summed E-state index contributed by atoms with van der Waals surface area (Å²) in [6.45, 7) is 2.57. The van der Waals surface area contributed by atoms with E-state index in [9.17, 15) is 18.4 Å². The van der Waals surface area contributed by atoms with Crippen molar-refractivity contribution < 1.29 is 23.1 Å². The Hall–Kier alpha value is -2.76. The maximum atomic E-state index is 14.1.